The Morgan fingerprint density at radius 1 is 0.882 bits per heavy atom. The fraction of sp³-hybridized carbons (Fsp3) is 0.192. The van der Waals surface area contributed by atoms with E-state index < -0.39 is 22.0 Å². The lowest BCUT2D eigenvalue weighted by atomic mass is 10.0. The number of nitrogens with one attached hydrogen (secondary N) is 1. The minimum absolute atomic E-state index is 0.0852. The summed E-state index contributed by atoms with van der Waals surface area (Å²) in [5.74, 6) is 0.200. The largest absolute Gasteiger partial charge is 0.459 e. The Morgan fingerprint density at radius 3 is 2.38 bits per heavy atom. The van der Waals surface area contributed by atoms with Crippen LogP contribution in [0.4, 0.5) is 0 Å². The van der Waals surface area contributed by atoms with Crippen LogP contribution in [0.1, 0.15) is 27.7 Å². The fourth-order valence-electron chi connectivity index (χ4n) is 4.06. The van der Waals surface area contributed by atoms with Crippen molar-refractivity contribution in [1.29, 1.82) is 0 Å². The summed E-state index contributed by atoms with van der Waals surface area (Å²) in [7, 11) is -3.71. The zero-order valence-electron chi connectivity index (χ0n) is 18.4. The summed E-state index contributed by atoms with van der Waals surface area (Å²) in [4.78, 5) is 13.4. The summed E-state index contributed by atoms with van der Waals surface area (Å²) in [5, 5.41) is 3.96. The Balaban J connectivity index is 1.45. The molecule has 3 aromatic carbocycles. The van der Waals surface area contributed by atoms with Crippen molar-refractivity contribution >= 4 is 26.9 Å². The second-order valence-corrected chi connectivity index (χ2v) is 9.99. The second-order valence-electron chi connectivity index (χ2n) is 8.05. The van der Waals surface area contributed by atoms with E-state index in [0.717, 1.165) is 16.5 Å². The number of carbonyl (C=O) groups is 1. The van der Waals surface area contributed by atoms with Crippen molar-refractivity contribution in [2.75, 3.05) is 26.3 Å². The Morgan fingerprint density at radius 2 is 1.62 bits per heavy atom. The fourth-order valence-corrected chi connectivity index (χ4v) is 5.51. The monoisotopic (exact) mass is 476 g/mol. The van der Waals surface area contributed by atoms with Crippen molar-refractivity contribution in [2.45, 2.75) is 10.9 Å². The number of hydrogen-bond donors (Lipinski definition) is 1. The van der Waals surface area contributed by atoms with E-state index in [1.807, 2.05) is 60.7 Å². The van der Waals surface area contributed by atoms with Gasteiger partial charge in [-0.1, -0.05) is 54.6 Å². The SMILES string of the molecule is O=C(N[C@@H](c1ccccc1)c1cc2ccccc2o1)c1cccc(S(=O)(=O)N2CCOCC2)c1. The molecule has 174 valence electrons. The highest BCUT2D eigenvalue weighted by Crippen LogP contribution is 2.29. The van der Waals surface area contributed by atoms with E-state index in [0.29, 0.717) is 32.1 Å². The first kappa shape index (κ1) is 22.3. The number of sulfonamides is 1. The number of rotatable bonds is 6. The van der Waals surface area contributed by atoms with Gasteiger partial charge in [0.05, 0.1) is 18.1 Å². The number of amides is 1. The van der Waals surface area contributed by atoms with Crippen molar-refractivity contribution in [3.8, 4) is 0 Å². The normalized spacial score (nSPS) is 15.8. The van der Waals surface area contributed by atoms with E-state index >= 15 is 0 Å². The van der Waals surface area contributed by atoms with Crippen LogP contribution in [-0.4, -0.2) is 44.9 Å². The zero-order valence-corrected chi connectivity index (χ0v) is 19.2. The zero-order chi connectivity index (χ0) is 23.5. The Bertz CT molecular complexity index is 1380. The molecule has 1 saturated heterocycles. The van der Waals surface area contributed by atoms with Gasteiger partial charge in [-0.3, -0.25) is 4.79 Å². The lowest BCUT2D eigenvalue weighted by molar-refractivity contribution is 0.0730. The molecule has 34 heavy (non-hydrogen) atoms. The van der Waals surface area contributed by atoms with E-state index in [1.54, 1.807) is 12.1 Å². The number of fused-ring (bicyclic) bond motifs is 1. The summed E-state index contributed by atoms with van der Waals surface area (Å²) < 4.78 is 38.8. The van der Waals surface area contributed by atoms with Crippen LogP contribution in [0, 0.1) is 0 Å². The first-order valence-corrected chi connectivity index (χ1v) is 12.5. The molecule has 7 nitrogen and oxygen atoms in total. The van der Waals surface area contributed by atoms with E-state index in [2.05, 4.69) is 5.32 Å². The van der Waals surface area contributed by atoms with Gasteiger partial charge in [0.15, 0.2) is 0 Å². The Labute approximate surface area is 198 Å². The molecule has 1 N–H and O–H groups in total. The lowest BCUT2D eigenvalue weighted by Gasteiger charge is -2.26. The average molecular weight is 477 g/mol. The highest BCUT2D eigenvalue weighted by Gasteiger charge is 2.27. The topological polar surface area (TPSA) is 88.8 Å². The molecule has 1 fully saturated rings. The van der Waals surface area contributed by atoms with Crippen molar-refractivity contribution < 1.29 is 22.4 Å². The molecule has 2 heterocycles. The third kappa shape index (κ3) is 4.48. The number of ether oxygens (including phenoxy) is 1. The molecule has 1 aliphatic rings. The average Bonchev–Trinajstić information content (AvgIpc) is 3.32. The van der Waals surface area contributed by atoms with Crippen LogP contribution in [0.5, 0.6) is 0 Å². The number of hydrogen-bond acceptors (Lipinski definition) is 5. The summed E-state index contributed by atoms with van der Waals surface area (Å²) in [5.41, 5.74) is 1.84. The minimum Gasteiger partial charge on any atom is -0.459 e. The van der Waals surface area contributed by atoms with Crippen LogP contribution in [0.15, 0.2) is 94.2 Å². The van der Waals surface area contributed by atoms with Crippen LogP contribution in [0.2, 0.25) is 0 Å². The molecule has 4 aromatic rings. The van der Waals surface area contributed by atoms with Gasteiger partial charge < -0.3 is 14.5 Å². The predicted octanol–water partition coefficient (Wildman–Crippen LogP) is 3.97. The van der Waals surface area contributed by atoms with E-state index in [-0.39, 0.29) is 10.5 Å². The van der Waals surface area contributed by atoms with Gasteiger partial charge in [-0.25, -0.2) is 8.42 Å². The summed E-state index contributed by atoms with van der Waals surface area (Å²) in [6, 6.07) is 24.7. The number of morpholine rings is 1. The molecule has 8 heteroatoms. The number of furan rings is 1. The van der Waals surface area contributed by atoms with Gasteiger partial charge in [-0.15, -0.1) is 0 Å². The maximum atomic E-state index is 13.3. The van der Waals surface area contributed by atoms with Gasteiger partial charge in [-0.2, -0.15) is 4.31 Å². The lowest BCUT2D eigenvalue weighted by Crippen LogP contribution is -2.40. The smallest absolute Gasteiger partial charge is 0.252 e. The van der Waals surface area contributed by atoms with Gasteiger partial charge >= 0.3 is 0 Å². The van der Waals surface area contributed by atoms with Crippen LogP contribution in [-0.2, 0) is 14.8 Å². The van der Waals surface area contributed by atoms with Gasteiger partial charge in [0.1, 0.15) is 17.4 Å². The van der Waals surface area contributed by atoms with Crippen molar-refractivity contribution in [1.82, 2.24) is 9.62 Å². The van der Waals surface area contributed by atoms with Crippen molar-refractivity contribution in [3.63, 3.8) is 0 Å². The molecular weight excluding hydrogens is 452 g/mol. The third-order valence-corrected chi connectivity index (χ3v) is 7.74. The molecule has 1 atom stereocenters. The maximum Gasteiger partial charge on any atom is 0.252 e. The second kappa shape index (κ2) is 9.42. The quantitative estimate of drug-likeness (QED) is 0.455. The maximum absolute atomic E-state index is 13.3. The molecule has 0 unspecified atom stereocenters. The van der Waals surface area contributed by atoms with Gasteiger partial charge in [0, 0.05) is 24.0 Å². The summed E-state index contributed by atoms with van der Waals surface area (Å²) in [6.07, 6.45) is 0. The third-order valence-electron chi connectivity index (χ3n) is 5.84. The first-order valence-electron chi connectivity index (χ1n) is 11.0. The molecule has 1 aliphatic heterocycles. The molecule has 1 amide bonds. The molecule has 0 radical (unpaired) electrons. The number of carbonyl (C=O) groups excluding carboxylic acids is 1. The van der Waals surface area contributed by atoms with Crippen LogP contribution < -0.4 is 5.32 Å². The Kier molecular flexibility index (Phi) is 6.19. The van der Waals surface area contributed by atoms with Gasteiger partial charge in [0.25, 0.3) is 5.91 Å². The number of para-hydroxylation sites is 1. The molecule has 0 bridgehead atoms. The van der Waals surface area contributed by atoms with Gasteiger partial charge in [-0.05, 0) is 35.9 Å². The molecule has 0 saturated carbocycles. The minimum atomic E-state index is -3.71. The standard InChI is InChI=1S/C26H24N2O5S/c29-26(21-10-6-11-22(17-21)34(30,31)28-13-15-32-16-14-28)27-25(19-7-2-1-3-8-19)24-18-20-9-4-5-12-23(20)33-24/h1-12,17-18,25H,13-16H2,(H,27,29)/t25-/m0/s1. The van der Waals surface area contributed by atoms with Crippen LogP contribution >= 0.6 is 0 Å². The highest BCUT2D eigenvalue weighted by molar-refractivity contribution is 7.89. The molecule has 0 spiro atoms. The molecule has 5 rings (SSSR count). The molecular formula is C26H24N2O5S. The summed E-state index contributed by atoms with van der Waals surface area (Å²) in [6.45, 7) is 1.30. The highest BCUT2D eigenvalue weighted by atomic mass is 32.2. The van der Waals surface area contributed by atoms with Crippen molar-refractivity contribution in [2.24, 2.45) is 0 Å². The van der Waals surface area contributed by atoms with Gasteiger partial charge in [0.2, 0.25) is 10.0 Å². The van der Waals surface area contributed by atoms with E-state index in [1.165, 1.54) is 16.4 Å². The molecule has 0 aliphatic carbocycles. The van der Waals surface area contributed by atoms with E-state index in [9.17, 15) is 13.2 Å². The van der Waals surface area contributed by atoms with E-state index in [4.69, 9.17) is 9.15 Å². The number of nitrogens with zero attached hydrogens (tertiary/aromatic N) is 1. The summed E-state index contributed by atoms with van der Waals surface area (Å²) >= 11 is 0. The van der Waals surface area contributed by atoms with Crippen molar-refractivity contribution in [3.05, 3.63) is 102 Å². The predicted molar refractivity (Wildman–Crippen MR) is 128 cm³/mol. The van der Waals surface area contributed by atoms with Crippen LogP contribution in [0.25, 0.3) is 11.0 Å². The first-order chi connectivity index (χ1) is 16.5. The number of benzene rings is 3. The van der Waals surface area contributed by atoms with Crippen LogP contribution in [0.3, 0.4) is 0 Å². The Hall–Kier alpha value is -3.46. The molecule has 1 aromatic heterocycles.